The number of para-hydroxylation sites is 1. The number of primary amides is 1. The Morgan fingerprint density at radius 3 is 2.32 bits per heavy atom. The summed E-state index contributed by atoms with van der Waals surface area (Å²) >= 11 is 0. The van der Waals surface area contributed by atoms with Crippen LogP contribution in [0.25, 0.3) is 10.9 Å². The minimum Gasteiger partial charge on any atom is -0.392 e. The largest absolute Gasteiger partial charge is 0.392 e. The third kappa shape index (κ3) is 5.64. The maximum atomic E-state index is 13.0. The Kier molecular flexibility index (Phi) is 6.94. The molecule has 8 heteroatoms. The molecule has 1 heterocycles. The number of benzene rings is 2. The summed E-state index contributed by atoms with van der Waals surface area (Å²) in [7, 11) is 0. The maximum Gasteiger partial charge on any atom is 0.331 e. The molecule has 2 aromatic carbocycles. The highest BCUT2D eigenvalue weighted by atomic mass is 16.6. The molecule has 0 unspecified atom stereocenters. The molecular formula is C23H23N3O5. The van der Waals surface area contributed by atoms with Crippen molar-refractivity contribution in [3.63, 3.8) is 0 Å². The monoisotopic (exact) mass is 421 g/mol. The van der Waals surface area contributed by atoms with Gasteiger partial charge in [-0.15, -0.1) is 0 Å². The van der Waals surface area contributed by atoms with E-state index in [9.17, 15) is 19.2 Å². The van der Waals surface area contributed by atoms with E-state index in [2.05, 4.69) is 4.74 Å². The SMILES string of the molecule is NC(=O)CCC(=O)OC(=O)[C@@H](N)CC(=O)c1cc2ccccc2n1Cc1ccccc1. The van der Waals surface area contributed by atoms with Crippen LogP contribution in [0.5, 0.6) is 0 Å². The van der Waals surface area contributed by atoms with E-state index in [0.29, 0.717) is 12.2 Å². The normalized spacial score (nSPS) is 11.8. The Morgan fingerprint density at radius 2 is 1.61 bits per heavy atom. The third-order valence-electron chi connectivity index (χ3n) is 4.78. The molecule has 0 radical (unpaired) electrons. The number of nitrogens with zero attached hydrogens (tertiary/aromatic N) is 1. The first-order chi connectivity index (χ1) is 14.8. The molecule has 3 aromatic rings. The van der Waals surface area contributed by atoms with Gasteiger partial charge >= 0.3 is 11.9 Å². The second-order valence-corrected chi connectivity index (χ2v) is 7.15. The minimum absolute atomic E-state index is 0.236. The van der Waals surface area contributed by atoms with Crippen LogP contribution in [0.4, 0.5) is 0 Å². The number of nitrogens with two attached hydrogens (primary N) is 2. The van der Waals surface area contributed by atoms with Crippen LogP contribution in [-0.4, -0.2) is 34.2 Å². The van der Waals surface area contributed by atoms with E-state index in [0.717, 1.165) is 16.5 Å². The molecule has 0 saturated carbocycles. The van der Waals surface area contributed by atoms with Gasteiger partial charge in [0.2, 0.25) is 5.91 Å². The number of esters is 2. The molecule has 0 spiro atoms. The number of carbonyl (C=O) groups excluding carboxylic acids is 4. The number of hydrogen-bond acceptors (Lipinski definition) is 6. The molecule has 160 valence electrons. The summed E-state index contributed by atoms with van der Waals surface area (Å²) in [6.45, 7) is 0.473. The van der Waals surface area contributed by atoms with E-state index < -0.39 is 23.9 Å². The fourth-order valence-electron chi connectivity index (χ4n) is 3.23. The number of carbonyl (C=O) groups is 4. The van der Waals surface area contributed by atoms with Gasteiger partial charge in [0, 0.05) is 30.3 Å². The first-order valence-corrected chi connectivity index (χ1v) is 9.79. The van der Waals surface area contributed by atoms with Gasteiger partial charge in [0.25, 0.3) is 0 Å². The van der Waals surface area contributed by atoms with Crippen LogP contribution in [0.3, 0.4) is 0 Å². The molecule has 0 aliphatic carbocycles. The van der Waals surface area contributed by atoms with Crippen LogP contribution < -0.4 is 11.5 Å². The molecular weight excluding hydrogens is 398 g/mol. The number of rotatable bonds is 9. The molecule has 4 N–H and O–H groups in total. The molecule has 3 rings (SSSR count). The molecule has 1 amide bonds. The van der Waals surface area contributed by atoms with Crippen molar-refractivity contribution in [2.24, 2.45) is 11.5 Å². The van der Waals surface area contributed by atoms with Gasteiger partial charge in [-0.2, -0.15) is 0 Å². The molecule has 0 saturated heterocycles. The van der Waals surface area contributed by atoms with Crippen LogP contribution in [0.2, 0.25) is 0 Å². The van der Waals surface area contributed by atoms with Gasteiger partial charge in [-0.05, 0) is 17.7 Å². The van der Waals surface area contributed by atoms with E-state index in [1.54, 1.807) is 6.07 Å². The van der Waals surface area contributed by atoms with Crippen LogP contribution in [-0.2, 0) is 25.7 Å². The lowest BCUT2D eigenvalue weighted by atomic mass is 10.1. The molecule has 1 atom stereocenters. The standard InChI is InChI=1S/C23H23N3O5/c24-17(23(30)31-22(29)11-10-21(25)28)13-20(27)19-12-16-8-4-5-9-18(16)26(19)14-15-6-2-1-3-7-15/h1-9,12,17H,10-11,13-14,24H2,(H2,25,28)/t17-/m0/s1. The Hall–Kier alpha value is -3.78. The number of hydrogen-bond donors (Lipinski definition) is 2. The van der Waals surface area contributed by atoms with Crippen LogP contribution >= 0.6 is 0 Å². The highest BCUT2D eigenvalue weighted by Gasteiger charge is 2.25. The molecule has 0 bridgehead atoms. The maximum absolute atomic E-state index is 13.0. The minimum atomic E-state index is -1.31. The van der Waals surface area contributed by atoms with Gasteiger partial charge in [-0.25, -0.2) is 4.79 Å². The number of amides is 1. The number of ether oxygens (including phenoxy) is 1. The van der Waals surface area contributed by atoms with Gasteiger partial charge in [0.1, 0.15) is 6.04 Å². The Bertz CT molecular complexity index is 1120. The molecule has 1 aromatic heterocycles. The first-order valence-electron chi connectivity index (χ1n) is 9.79. The number of aromatic nitrogens is 1. The summed E-state index contributed by atoms with van der Waals surface area (Å²) in [6.07, 6.45) is -0.889. The van der Waals surface area contributed by atoms with Crippen molar-refractivity contribution in [2.45, 2.75) is 31.8 Å². The summed E-state index contributed by atoms with van der Waals surface area (Å²) in [5, 5.41) is 0.888. The molecule has 0 aliphatic rings. The average molecular weight is 421 g/mol. The quantitative estimate of drug-likeness (QED) is 0.308. The third-order valence-corrected chi connectivity index (χ3v) is 4.78. The number of fused-ring (bicyclic) bond motifs is 1. The van der Waals surface area contributed by atoms with Crippen molar-refractivity contribution in [3.05, 3.63) is 71.9 Å². The fraction of sp³-hybridized carbons (Fsp3) is 0.217. The summed E-state index contributed by atoms with van der Waals surface area (Å²) < 4.78 is 6.49. The zero-order valence-electron chi connectivity index (χ0n) is 16.8. The summed E-state index contributed by atoms with van der Waals surface area (Å²) in [5.41, 5.74) is 13.1. The van der Waals surface area contributed by atoms with Crippen molar-refractivity contribution in [3.8, 4) is 0 Å². The predicted octanol–water partition coefficient (Wildman–Crippen LogP) is 1.93. The van der Waals surface area contributed by atoms with Crippen molar-refractivity contribution >= 4 is 34.5 Å². The molecule has 0 aliphatic heterocycles. The highest BCUT2D eigenvalue weighted by molar-refractivity contribution is 6.02. The second kappa shape index (κ2) is 9.82. The highest BCUT2D eigenvalue weighted by Crippen LogP contribution is 2.23. The zero-order chi connectivity index (χ0) is 22.4. The van der Waals surface area contributed by atoms with Gasteiger partial charge in [0.05, 0.1) is 12.1 Å². The lowest BCUT2D eigenvalue weighted by Gasteiger charge is -2.13. The Balaban J connectivity index is 1.75. The van der Waals surface area contributed by atoms with E-state index in [1.165, 1.54) is 0 Å². The van der Waals surface area contributed by atoms with Gasteiger partial charge in [0.15, 0.2) is 5.78 Å². The Labute approximate surface area is 178 Å². The topological polar surface area (TPSA) is 134 Å². The van der Waals surface area contributed by atoms with E-state index in [4.69, 9.17) is 11.5 Å². The zero-order valence-corrected chi connectivity index (χ0v) is 16.8. The smallest absolute Gasteiger partial charge is 0.331 e. The van der Waals surface area contributed by atoms with E-state index in [-0.39, 0.29) is 25.0 Å². The second-order valence-electron chi connectivity index (χ2n) is 7.15. The lowest BCUT2D eigenvalue weighted by Crippen LogP contribution is -2.36. The van der Waals surface area contributed by atoms with Crippen molar-refractivity contribution in [2.75, 3.05) is 0 Å². The first kappa shape index (κ1) is 21.9. The van der Waals surface area contributed by atoms with Crippen molar-refractivity contribution in [1.29, 1.82) is 0 Å². The van der Waals surface area contributed by atoms with Crippen LogP contribution in [0.1, 0.15) is 35.3 Å². The van der Waals surface area contributed by atoms with Crippen LogP contribution in [0, 0.1) is 0 Å². The number of Topliss-reactive ketones (excluding diaryl/α,β-unsaturated/α-hetero) is 1. The molecule has 8 nitrogen and oxygen atoms in total. The van der Waals surface area contributed by atoms with Crippen molar-refractivity contribution in [1.82, 2.24) is 4.57 Å². The van der Waals surface area contributed by atoms with Gasteiger partial charge < -0.3 is 20.8 Å². The molecule has 0 fully saturated rings. The summed E-state index contributed by atoms with van der Waals surface area (Å²) in [4.78, 5) is 47.4. The van der Waals surface area contributed by atoms with E-state index >= 15 is 0 Å². The summed E-state index contributed by atoms with van der Waals surface area (Å²) in [6, 6.07) is 17.7. The average Bonchev–Trinajstić information content (AvgIpc) is 3.11. The predicted molar refractivity (Wildman–Crippen MR) is 114 cm³/mol. The Morgan fingerprint density at radius 1 is 0.935 bits per heavy atom. The summed E-state index contributed by atoms with van der Waals surface area (Å²) in [5.74, 6) is -2.96. The van der Waals surface area contributed by atoms with Gasteiger partial charge in [-0.3, -0.25) is 14.4 Å². The van der Waals surface area contributed by atoms with E-state index in [1.807, 2.05) is 59.2 Å². The molecule has 31 heavy (non-hydrogen) atoms. The number of ketones is 1. The van der Waals surface area contributed by atoms with Crippen LogP contribution in [0.15, 0.2) is 60.7 Å². The fourth-order valence-corrected chi connectivity index (χ4v) is 3.23. The van der Waals surface area contributed by atoms with Gasteiger partial charge in [-0.1, -0.05) is 48.5 Å². The lowest BCUT2D eigenvalue weighted by molar-refractivity contribution is -0.161. The van der Waals surface area contributed by atoms with Crippen molar-refractivity contribution < 1.29 is 23.9 Å².